The van der Waals surface area contributed by atoms with E-state index in [-0.39, 0.29) is 5.78 Å². The molecule has 0 amide bonds. The Morgan fingerprint density at radius 1 is 1.11 bits per heavy atom. The normalized spacial score (nSPS) is 13.3. The van der Waals surface area contributed by atoms with Crippen molar-refractivity contribution in [2.45, 2.75) is 26.6 Å². The second kappa shape index (κ2) is 4.98. The van der Waals surface area contributed by atoms with Crippen LogP contribution in [0, 0.1) is 0 Å². The maximum atomic E-state index is 12.6. The van der Waals surface area contributed by atoms with Crippen molar-refractivity contribution in [3.63, 3.8) is 0 Å². The number of benzene rings is 2. The number of hydrogen-bond acceptors (Lipinski definition) is 2. The fourth-order valence-electron chi connectivity index (χ4n) is 2.52. The smallest absolute Gasteiger partial charge is 0.193 e. The molecule has 1 heterocycles. The van der Waals surface area contributed by atoms with Gasteiger partial charge in [0, 0.05) is 11.1 Å². The molecule has 0 N–H and O–H groups in total. The first-order valence-electron chi connectivity index (χ1n) is 6.61. The first-order valence-corrected chi connectivity index (χ1v) is 6.61. The van der Waals surface area contributed by atoms with Gasteiger partial charge in [-0.2, -0.15) is 0 Å². The number of aryl methyl sites for hydroxylation is 1. The summed E-state index contributed by atoms with van der Waals surface area (Å²) < 4.78 is 5.39. The summed E-state index contributed by atoms with van der Waals surface area (Å²) in [5.41, 5.74) is 5.00. The van der Waals surface area contributed by atoms with E-state index in [1.165, 1.54) is 5.56 Å². The molecule has 0 saturated carbocycles. The van der Waals surface area contributed by atoms with Gasteiger partial charge in [0.05, 0.1) is 13.2 Å². The van der Waals surface area contributed by atoms with Crippen molar-refractivity contribution in [1.29, 1.82) is 0 Å². The summed E-state index contributed by atoms with van der Waals surface area (Å²) in [5, 5.41) is 0. The van der Waals surface area contributed by atoms with Crippen LogP contribution in [0.15, 0.2) is 42.5 Å². The Hall–Kier alpha value is -1.93. The third-order valence-corrected chi connectivity index (χ3v) is 3.63. The molecule has 2 aromatic rings. The Morgan fingerprint density at radius 3 is 2.74 bits per heavy atom. The summed E-state index contributed by atoms with van der Waals surface area (Å²) in [6.07, 6.45) is 0.871. The molecule has 1 aliphatic heterocycles. The van der Waals surface area contributed by atoms with Crippen molar-refractivity contribution < 1.29 is 9.53 Å². The first kappa shape index (κ1) is 12.1. The molecule has 0 atom stereocenters. The number of ether oxygens (including phenoxy) is 1. The Balaban J connectivity index is 2.00. The maximum Gasteiger partial charge on any atom is 0.193 e. The van der Waals surface area contributed by atoms with Gasteiger partial charge in [0.15, 0.2) is 5.78 Å². The minimum atomic E-state index is 0.104. The van der Waals surface area contributed by atoms with Gasteiger partial charge in [-0.1, -0.05) is 43.3 Å². The van der Waals surface area contributed by atoms with Crippen LogP contribution in [-0.4, -0.2) is 5.78 Å². The van der Waals surface area contributed by atoms with E-state index in [4.69, 9.17) is 4.74 Å². The molecule has 0 unspecified atom stereocenters. The van der Waals surface area contributed by atoms with Crippen LogP contribution in [0.1, 0.15) is 39.5 Å². The van der Waals surface area contributed by atoms with E-state index in [1.807, 2.05) is 42.5 Å². The van der Waals surface area contributed by atoms with Crippen LogP contribution < -0.4 is 0 Å². The maximum absolute atomic E-state index is 12.6. The zero-order chi connectivity index (χ0) is 13.2. The largest absolute Gasteiger partial charge is 0.372 e. The lowest BCUT2D eigenvalue weighted by atomic mass is 9.95. The number of carbonyl (C=O) groups is 1. The van der Waals surface area contributed by atoms with Crippen LogP contribution >= 0.6 is 0 Å². The SMILES string of the molecule is CCc1ccccc1C(=O)c1ccc2c(c1)COC2. The van der Waals surface area contributed by atoms with Gasteiger partial charge in [-0.3, -0.25) is 4.79 Å². The van der Waals surface area contributed by atoms with Crippen molar-refractivity contribution in [3.8, 4) is 0 Å². The van der Waals surface area contributed by atoms with Crippen LogP contribution in [-0.2, 0) is 24.4 Å². The molecule has 0 aliphatic carbocycles. The van der Waals surface area contributed by atoms with Crippen molar-refractivity contribution in [2.75, 3.05) is 0 Å². The molecule has 0 saturated heterocycles. The standard InChI is InChI=1S/C17H16O2/c1-2-12-5-3-4-6-16(12)17(18)13-7-8-14-10-19-11-15(14)9-13/h3-9H,2,10-11H2,1H3. The van der Waals surface area contributed by atoms with E-state index in [1.54, 1.807) is 0 Å². The van der Waals surface area contributed by atoms with E-state index in [0.717, 1.165) is 28.7 Å². The molecule has 0 aromatic heterocycles. The van der Waals surface area contributed by atoms with E-state index < -0.39 is 0 Å². The topological polar surface area (TPSA) is 26.3 Å². The predicted molar refractivity (Wildman–Crippen MR) is 74.2 cm³/mol. The number of carbonyl (C=O) groups excluding carboxylic acids is 1. The summed E-state index contributed by atoms with van der Waals surface area (Å²) in [7, 11) is 0. The Morgan fingerprint density at radius 2 is 1.89 bits per heavy atom. The van der Waals surface area contributed by atoms with Crippen LogP contribution in [0.4, 0.5) is 0 Å². The zero-order valence-corrected chi connectivity index (χ0v) is 11.0. The van der Waals surface area contributed by atoms with E-state index in [2.05, 4.69) is 6.92 Å². The molecular formula is C17H16O2. The van der Waals surface area contributed by atoms with Crippen LogP contribution in [0.25, 0.3) is 0 Å². The highest BCUT2D eigenvalue weighted by Crippen LogP contribution is 2.23. The van der Waals surface area contributed by atoms with Gasteiger partial charge in [-0.05, 0) is 29.2 Å². The van der Waals surface area contributed by atoms with Gasteiger partial charge in [0.25, 0.3) is 0 Å². The summed E-state index contributed by atoms with van der Waals surface area (Å²) in [6.45, 7) is 3.35. The van der Waals surface area contributed by atoms with Crippen molar-refractivity contribution in [1.82, 2.24) is 0 Å². The van der Waals surface area contributed by atoms with Crippen molar-refractivity contribution >= 4 is 5.78 Å². The van der Waals surface area contributed by atoms with Gasteiger partial charge in [0.1, 0.15) is 0 Å². The van der Waals surface area contributed by atoms with Gasteiger partial charge >= 0.3 is 0 Å². The molecule has 2 aromatic carbocycles. The molecule has 0 fully saturated rings. The average Bonchev–Trinajstić information content (AvgIpc) is 2.93. The minimum Gasteiger partial charge on any atom is -0.372 e. The molecule has 2 nitrogen and oxygen atoms in total. The molecule has 3 rings (SSSR count). The van der Waals surface area contributed by atoms with E-state index >= 15 is 0 Å². The Bertz CT molecular complexity index is 629. The first-order chi connectivity index (χ1) is 9.29. The lowest BCUT2D eigenvalue weighted by Gasteiger charge is -2.07. The number of hydrogen-bond donors (Lipinski definition) is 0. The van der Waals surface area contributed by atoms with Crippen LogP contribution in [0.3, 0.4) is 0 Å². The summed E-state index contributed by atoms with van der Waals surface area (Å²) in [5.74, 6) is 0.104. The predicted octanol–water partition coefficient (Wildman–Crippen LogP) is 3.51. The van der Waals surface area contributed by atoms with Gasteiger partial charge in [0.2, 0.25) is 0 Å². The Labute approximate surface area is 113 Å². The lowest BCUT2D eigenvalue weighted by Crippen LogP contribution is -2.05. The highest BCUT2D eigenvalue weighted by Gasteiger charge is 2.16. The fraction of sp³-hybridized carbons (Fsp3) is 0.235. The van der Waals surface area contributed by atoms with Gasteiger partial charge in [-0.25, -0.2) is 0 Å². The summed E-state index contributed by atoms with van der Waals surface area (Å²) in [6, 6.07) is 13.7. The molecule has 0 bridgehead atoms. The molecule has 19 heavy (non-hydrogen) atoms. The van der Waals surface area contributed by atoms with Crippen molar-refractivity contribution in [2.24, 2.45) is 0 Å². The molecule has 2 heteroatoms. The molecule has 0 radical (unpaired) electrons. The summed E-state index contributed by atoms with van der Waals surface area (Å²) in [4.78, 5) is 12.6. The number of rotatable bonds is 3. The quantitative estimate of drug-likeness (QED) is 0.781. The molecular weight excluding hydrogens is 236 g/mol. The van der Waals surface area contributed by atoms with Gasteiger partial charge in [-0.15, -0.1) is 0 Å². The number of ketones is 1. The monoisotopic (exact) mass is 252 g/mol. The minimum absolute atomic E-state index is 0.104. The van der Waals surface area contributed by atoms with Crippen LogP contribution in [0.5, 0.6) is 0 Å². The molecule has 1 aliphatic rings. The average molecular weight is 252 g/mol. The third-order valence-electron chi connectivity index (χ3n) is 3.63. The van der Waals surface area contributed by atoms with Gasteiger partial charge < -0.3 is 4.74 Å². The van der Waals surface area contributed by atoms with E-state index in [9.17, 15) is 4.79 Å². The second-order valence-electron chi connectivity index (χ2n) is 4.82. The molecule has 0 spiro atoms. The van der Waals surface area contributed by atoms with Crippen molar-refractivity contribution in [3.05, 3.63) is 70.3 Å². The second-order valence-corrected chi connectivity index (χ2v) is 4.82. The lowest BCUT2D eigenvalue weighted by molar-refractivity contribution is 0.103. The molecule has 96 valence electrons. The number of fused-ring (bicyclic) bond motifs is 1. The summed E-state index contributed by atoms with van der Waals surface area (Å²) >= 11 is 0. The highest BCUT2D eigenvalue weighted by molar-refractivity contribution is 6.10. The highest BCUT2D eigenvalue weighted by atomic mass is 16.5. The fourth-order valence-corrected chi connectivity index (χ4v) is 2.52. The van der Waals surface area contributed by atoms with E-state index in [0.29, 0.717) is 13.2 Å². The Kier molecular flexibility index (Phi) is 3.18. The third kappa shape index (κ3) is 2.20. The zero-order valence-electron chi connectivity index (χ0n) is 11.0. The van der Waals surface area contributed by atoms with Crippen LogP contribution in [0.2, 0.25) is 0 Å².